The second kappa shape index (κ2) is 4.14. The van der Waals surface area contributed by atoms with E-state index in [1.807, 2.05) is 20.8 Å². The highest BCUT2D eigenvalue weighted by molar-refractivity contribution is 5.85. The molecule has 1 aromatic heterocycles. The van der Waals surface area contributed by atoms with E-state index in [4.69, 9.17) is 9.52 Å². The number of oxazole rings is 1. The average Bonchev–Trinajstić information content (AvgIpc) is 2.85. The summed E-state index contributed by atoms with van der Waals surface area (Å²) in [6.45, 7) is 6.77. The molecule has 0 amide bonds. The Balaban J connectivity index is 2.42. The molecule has 2 heterocycles. The van der Waals surface area contributed by atoms with Gasteiger partial charge in [0.05, 0.1) is 6.04 Å². The number of carboxylic acid groups (broad SMARTS) is 1. The Morgan fingerprint density at radius 1 is 1.53 bits per heavy atom. The zero-order valence-electron chi connectivity index (χ0n) is 10.4. The highest BCUT2D eigenvalue weighted by Crippen LogP contribution is 2.30. The van der Waals surface area contributed by atoms with Crippen molar-refractivity contribution in [2.45, 2.75) is 45.1 Å². The van der Waals surface area contributed by atoms with E-state index in [1.165, 1.54) is 0 Å². The summed E-state index contributed by atoms with van der Waals surface area (Å²) in [4.78, 5) is 15.5. The van der Waals surface area contributed by atoms with Crippen LogP contribution < -0.4 is 5.32 Å². The number of nitrogens with one attached hydrogen (secondary N) is 1. The average molecular weight is 238 g/mol. The van der Waals surface area contributed by atoms with Crippen LogP contribution >= 0.6 is 0 Å². The maximum Gasteiger partial charge on any atom is 0.373 e. The lowest BCUT2D eigenvalue weighted by Crippen LogP contribution is -2.17. The molecule has 1 aliphatic heterocycles. The van der Waals surface area contributed by atoms with Crippen molar-refractivity contribution in [2.24, 2.45) is 0 Å². The Kier molecular flexibility index (Phi) is 2.95. The van der Waals surface area contributed by atoms with Crippen molar-refractivity contribution < 1.29 is 14.3 Å². The Hall–Kier alpha value is -1.36. The van der Waals surface area contributed by atoms with Crippen molar-refractivity contribution in [3.63, 3.8) is 0 Å². The maximum absolute atomic E-state index is 11.2. The Bertz CT molecular complexity index is 425. The number of carboxylic acids is 1. The first kappa shape index (κ1) is 12.1. The van der Waals surface area contributed by atoms with E-state index in [-0.39, 0.29) is 17.2 Å². The summed E-state index contributed by atoms with van der Waals surface area (Å²) in [6, 6.07) is 0.0148. The molecule has 1 aromatic rings. The molecule has 94 valence electrons. The van der Waals surface area contributed by atoms with Crippen LogP contribution in [-0.2, 0) is 5.41 Å². The molecule has 1 fully saturated rings. The van der Waals surface area contributed by atoms with E-state index in [9.17, 15) is 4.79 Å². The molecule has 0 radical (unpaired) electrons. The summed E-state index contributed by atoms with van der Waals surface area (Å²) in [5, 5.41) is 12.4. The molecule has 0 aromatic carbocycles. The van der Waals surface area contributed by atoms with Gasteiger partial charge in [-0.3, -0.25) is 0 Å². The van der Waals surface area contributed by atoms with Crippen LogP contribution in [0.25, 0.3) is 0 Å². The molecule has 1 aliphatic rings. The normalized spacial score (nSPS) is 20.8. The van der Waals surface area contributed by atoms with Crippen LogP contribution in [0.3, 0.4) is 0 Å². The number of aromatic carboxylic acids is 1. The minimum absolute atomic E-state index is 0.0148. The molecular formula is C12H18N2O3. The molecule has 1 atom stereocenters. The fourth-order valence-corrected chi connectivity index (χ4v) is 1.96. The van der Waals surface area contributed by atoms with E-state index < -0.39 is 5.97 Å². The van der Waals surface area contributed by atoms with E-state index in [1.54, 1.807) is 0 Å². The molecule has 1 unspecified atom stereocenters. The first-order chi connectivity index (χ1) is 7.89. The van der Waals surface area contributed by atoms with Crippen molar-refractivity contribution in [3.05, 3.63) is 17.3 Å². The molecule has 2 rings (SSSR count). The van der Waals surface area contributed by atoms with Gasteiger partial charge in [-0.1, -0.05) is 20.8 Å². The van der Waals surface area contributed by atoms with Gasteiger partial charge in [0, 0.05) is 5.41 Å². The third kappa shape index (κ3) is 2.34. The standard InChI is InChI=1S/C12H18N2O3/c1-12(2,3)11-14-8(7-5-4-6-13-7)9(17-11)10(15)16/h7,13H,4-6H2,1-3H3,(H,15,16). The van der Waals surface area contributed by atoms with Crippen molar-refractivity contribution >= 4 is 5.97 Å². The van der Waals surface area contributed by atoms with Gasteiger partial charge in [-0.15, -0.1) is 0 Å². The van der Waals surface area contributed by atoms with E-state index in [0.717, 1.165) is 19.4 Å². The van der Waals surface area contributed by atoms with Crippen LogP contribution in [0, 0.1) is 0 Å². The number of carbonyl (C=O) groups is 1. The van der Waals surface area contributed by atoms with Crippen LogP contribution in [0.4, 0.5) is 0 Å². The molecule has 17 heavy (non-hydrogen) atoms. The number of hydrogen-bond acceptors (Lipinski definition) is 4. The number of nitrogens with zero attached hydrogens (tertiary/aromatic N) is 1. The predicted molar refractivity (Wildman–Crippen MR) is 62.1 cm³/mol. The van der Waals surface area contributed by atoms with Crippen LogP contribution in [0.5, 0.6) is 0 Å². The molecule has 0 aliphatic carbocycles. The molecule has 0 spiro atoms. The first-order valence-electron chi connectivity index (χ1n) is 5.87. The largest absolute Gasteiger partial charge is 0.475 e. The monoisotopic (exact) mass is 238 g/mol. The second-order valence-corrected chi connectivity index (χ2v) is 5.44. The van der Waals surface area contributed by atoms with Gasteiger partial charge in [0.1, 0.15) is 5.69 Å². The summed E-state index contributed by atoms with van der Waals surface area (Å²) in [7, 11) is 0. The maximum atomic E-state index is 11.2. The van der Waals surface area contributed by atoms with E-state index in [0.29, 0.717) is 11.6 Å². The second-order valence-electron chi connectivity index (χ2n) is 5.44. The molecular weight excluding hydrogens is 220 g/mol. The van der Waals surface area contributed by atoms with Gasteiger partial charge < -0.3 is 14.8 Å². The SMILES string of the molecule is CC(C)(C)c1nc(C2CCCN2)c(C(=O)O)o1. The quantitative estimate of drug-likeness (QED) is 0.825. The zero-order valence-corrected chi connectivity index (χ0v) is 10.4. The van der Waals surface area contributed by atoms with Gasteiger partial charge in [-0.2, -0.15) is 0 Å². The van der Waals surface area contributed by atoms with Crippen LogP contribution in [0.1, 0.15) is 61.8 Å². The fraction of sp³-hybridized carbons (Fsp3) is 0.667. The summed E-state index contributed by atoms with van der Waals surface area (Å²) >= 11 is 0. The molecule has 1 saturated heterocycles. The summed E-state index contributed by atoms with van der Waals surface area (Å²) in [6.07, 6.45) is 1.96. The van der Waals surface area contributed by atoms with Crippen molar-refractivity contribution in [1.82, 2.24) is 10.3 Å². The smallest absolute Gasteiger partial charge is 0.373 e. The van der Waals surface area contributed by atoms with Gasteiger partial charge >= 0.3 is 5.97 Å². The number of aromatic nitrogens is 1. The topological polar surface area (TPSA) is 75.4 Å². The molecule has 5 nitrogen and oxygen atoms in total. The van der Waals surface area contributed by atoms with Crippen LogP contribution in [0.2, 0.25) is 0 Å². The third-order valence-electron chi connectivity index (χ3n) is 2.88. The minimum Gasteiger partial charge on any atom is -0.475 e. The lowest BCUT2D eigenvalue weighted by Gasteiger charge is -2.12. The Labute approximate surface area is 100 Å². The molecule has 0 bridgehead atoms. The van der Waals surface area contributed by atoms with E-state index in [2.05, 4.69) is 10.3 Å². The summed E-state index contributed by atoms with van der Waals surface area (Å²) in [5.41, 5.74) is 0.265. The van der Waals surface area contributed by atoms with Gasteiger partial charge in [0.2, 0.25) is 11.7 Å². The molecule has 0 saturated carbocycles. The first-order valence-corrected chi connectivity index (χ1v) is 5.87. The lowest BCUT2D eigenvalue weighted by molar-refractivity contribution is 0.0656. The van der Waals surface area contributed by atoms with Gasteiger partial charge in [0.25, 0.3) is 0 Å². The molecule has 2 N–H and O–H groups in total. The van der Waals surface area contributed by atoms with Crippen molar-refractivity contribution in [2.75, 3.05) is 6.54 Å². The van der Waals surface area contributed by atoms with Gasteiger partial charge in [0.15, 0.2) is 0 Å². The van der Waals surface area contributed by atoms with Crippen molar-refractivity contribution in [1.29, 1.82) is 0 Å². The van der Waals surface area contributed by atoms with Crippen LogP contribution in [0.15, 0.2) is 4.42 Å². The third-order valence-corrected chi connectivity index (χ3v) is 2.88. The Morgan fingerprint density at radius 2 is 2.24 bits per heavy atom. The Morgan fingerprint density at radius 3 is 2.71 bits per heavy atom. The number of hydrogen-bond donors (Lipinski definition) is 2. The fourth-order valence-electron chi connectivity index (χ4n) is 1.96. The van der Waals surface area contributed by atoms with E-state index >= 15 is 0 Å². The predicted octanol–water partition coefficient (Wildman–Crippen LogP) is 2.09. The number of rotatable bonds is 2. The highest BCUT2D eigenvalue weighted by Gasteiger charge is 2.31. The van der Waals surface area contributed by atoms with Gasteiger partial charge in [-0.25, -0.2) is 9.78 Å². The van der Waals surface area contributed by atoms with Crippen LogP contribution in [-0.4, -0.2) is 22.6 Å². The molecule has 5 heteroatoms. The summed E-state index contributed by atoms with van der Waals surface area (Å²) in [5.74, 6) is -0.579. The lowest BCUT2D eigenvalue weighted by atomic mass is 9.97. The minimum atomic E-state index is -1.04. The summed E-state index contributed by atoms with van der Waals surface area (Å²) < 4.78 is 5.40. The zero-order chi connectivity index (χ0) is 12.6. The van der Waals surface area contributed by atoms with Crippen molar-refractivity contribution in [3.8, 4) is 0 Å². The highest BCUT2D eigenvalue weighted by atomic mass is 16.4. The van der Waals surface area contributed by atoms with Gasteiger partial charge in [-0.05, 0) is 19.4 Å².